The third-order valence-corrected chi connectivity index (χ3v) is 17.2. The molecule has 1 aromatic carbocycles. The smallest absolute Gasteiger partial charge is 0.312 e. The van der Waals surface area contributed by atoms with Crippen molar-refractivity contribution >= 4 is 42.4 Å². The van der Waals surface area contributed by atoms with Crippen molar-refractivity contribution in [3.63, 3.8) is 0 Å². The molecule has 0 saturated carbocycles. The van der Waals surface area contributed by atoms with Crippen molar-refractivity contribution in [3.05, 3.63) is 24.3 Å². The fourth-order valence-electron chi connectivity index (χ4n) is 4.53. The van der Waals surface area contributed by atoms with Crippen LogP contribution < -0.4 is 0 Å². The maximum Gasteiger partial charge on any atom is 0.312 e. The summed E-state index contributed by atoms with van der Waals surface area (Å²) in [5, 5.41) is 8.72. The quantitative estimate of drug-likeness (QED) is 0.163. The number of hydrogen-bond donors (Lipinski definition) is 0. The van der Waals surface area contributed by atoms with Crippen LogP contribution >= 0.6 is 0 Å². The molecule has 0 amide bonds. The van der Waals surface area contributed by atoms with Gasteiger partial charge in [-0.1, -0.05) is 24.3 Å². The molecule has 2 aromatic rings. The van der Waals surface area contributed by atoms with E-state index in [2.05, 4.69) is 56.5 Å². The van der Waals surface area contributed by atoms with Crippen LogP contribution in [-0.2, 0) is 27.2 Å². The van der Waals surface area contributed by atoms with E-state index >= 15 is 0 Å². The van der Waals surface area contributed by atoms with Gasteiger partial charge in [-0.05, 0) is 70.3 Å². The van der Waals surface area contributed by atoms with Gasteiger partial charge in [0.05, 0.1) is 24.1 Å². The summed E-state index contributed by atoms with van der Waals surface area (Å²) < 4.78 is 32.1. The number of ether oxygens (including phenoxy) is 3. The van der Waals surface area contributed by atoms with E-state index in [4.69, 9.17) is 22.4 Å². The minimum atomic E-state index is -2.43. The summed E-state index contributed by atoms with van der Waals surface area (Å²) in [5.41, 5.74) is 1.55. The van der Waals surface area contributed by atoms with E-state index in [1.165, 1.54) is 6.92 Å². The molecular weight excluding hydrogens is 511 g/mol. The number of benzene rings is 1. The second kappa shape index (κ2) is 12.9. The van der Waals surface area contributed by atoms with Crippen LogP contribution in [0.3, 0.4) is 0 Å². The minimum absolute atomic E-state index is 0.286. The molecule has 1 unspecified atom stereocenters. The van der Waals surface area contributed by atoms with E-state index in [0.29, 0.717) is 26.4 Å². The van der Waals surface area contributed by atoms with E-state index in [1.54, 1.807) is 7.11 Å². The number of hydrogen-bond acceptors (Lipinski definition) is 8. The first-order valence-corrected chi connectivity index (χ1v) is 21.4. The summed E-state index contributed by atoms with van der Waals surface area (Å²) in [6.07, 6.45) is 1.70. The van der Waals surface area contributed by atoms with Gasteiger partial charge in [-0.3, -0.25) is 4.79 Å². The lowest BCUT2D eigenvalue weighted by Crippen LogP contribution is -2.55. The van der Waals surface area contributed by atoms with E-state index in [1.807, 2.05) is 28.6 Å². The molecule has 0 aliphatic carbocycles. The molecule has 2 rings (SSSR count). The van der Waals surface area contributed by atoms with Crippen molar-refractivity contribution in [3.8, 4) is 0 Å². The lowest BCUT2D eigenvalue weighted by atomic mass is 9.88. The Hall–Kier alpha value is -1.42. The lowest BCUT2D eigenvalue weighted by molar-refractivity contribution is -0.148. The van der Waals surface area contributed by atoms with Gasteiger partial charge in [0.15, 0.2) is 8.32 Å². The Balaban J connectivity index is 1.89. The standard InChI is InChI=1S/C24H45N3O6Si3/c1-10-24(18-29-3,20-31-21(2)28)19-30-16-13-17-34(4,5)32-36(8,9)33-35(6,7)27-23-15-12-11-14-22(23)25-26-27/h11-12,14-15H,10,13,16-20H2,1-9H3. The average Bonchev–Trinajstić information content (AvgIpc) is 3.21. The molecule has 36 heavy (non-hydrogen) atoms. The summed E-state index contributed by atoms with van der Waals surface area (Å²) in [6, 6.07) is 8.94. The first-order chi connectivity index (χ1) is 16.7. The molecule has 0 N–H and O–H groups in total. The van der Waals surface area contributed by atoms with Crippen LogP contribution in [-0.4, -0.2) is 79.5 Å². The Morgan fingerprint density at radius 3 is 2.36 bits per heavy atom. The molecule has 204 valence electrons. The van der Waals surface area contributed by atoms with Crippen LogP contribution in [0.25, 0.3) is 11.0 Å². The Morgan fingerprint density at radius 2 is 1.72 bits per heavy atom. The number of carbonyl (C=O) groups excluding carboxylic acids is 1. The summed E-state index contributed by atoms with van der Waals surface area (Å²) in [7, 11) is -5.14. The monoisotopic (exact) mass is 555 g/mol. The molecular formula is C24H45N3O6Si3. The SMILES string of the molecule is CCC(COC)(COCCC[Si](C)(C)O[Si](C)(C)O[Si](C)(C)n1nnc2ccccc21)COC(C)=O. The van der Waals surface area contributed by atoms with Crippen molar-refractivity contribution in [1.29, 1.82) is 0 Å². The second-order valence-electron chi connectivity index (χ2n) is 11.0. The number of esters is 1. The molecule has 12 heteroatoms. The van der Waals surface area contributed by atoms with Crippen molar-refractivity contribution in [2.24, 2.45) is 5.41 Å². The van der Waals surface area contributed by atoms with Crippen LogP contribution in [0.15, 0.2) is 24.3 Å². The number of carbonyl (C=O) groups is 1. The van der Waals surface area contributed by atoms with Gasteiger partial charge in [-0.15, -0.1) is 5.10 Å². The van der Waals surface area contributed by atoms with Crippen molar-refractivity contribution < 1.29 is 27.2 Å². The van der Waals surface area contributed by atoms with Gasteiger partial charge in [0.25, 0.3) is 0 Å². The molecule has 0 aliphatic heterocycles. The van der Waals surface area contributed by atoms with E-state index < -0.39 is 25.4 Å². The predicted octanol–water partition coefficient (Wildman–Crippen LogP) is 4.93. The largest absolute Gasteiger partial charge is 0.465 e. The zero-order valence-corrected chi connectivity index (χ0v) is 26.6. The van der Waals surface area contributed by atoms with E-state index in [9.17, 15) is 4.79 Å². The van der Waals surface area contributed by atoms with Crippen LogP contribution in [0, 0.1) is 5.41 Å². The van der Waals surface area contributed by atoms with Crippen LogP contribution in [0.1, 0.15) is 26.7 Å². The van der Waals surface area contributed by atoms with Crippen molar-refractivity contribution in [1.82, 2.24) is 14.7 Å². The molecule has 9 nitrogen and oxygen atoms in total. The van der Waals surface area contributed by atoms with Crippen LogP contribution in [0.4, 0.5) is 0 Å². The minimum Gasteiger partial charge on any atom is -0.465 e. The van der Waals surface area contributed by atoms with Gasteiger partial charge in [-0.25, -0.2) is 4.35 Å². The molecule has 0 aliphatic rings. The van der Waals surface area contributed by atoms with Crippen molar-refractivity contribution in [2.75, 3.05) is 33.5 Å². The first-order valence-electron chi connectivity index (χ1n) is 12.7. The highest BCUT2D eigenvalue weighted by atomic mass is 28.5. The van der Waals surface area contributed by atoms with Crippen LogP contribution in [0.5, 0.6) is 0 Å². The number of rotatable bonds is 16. The van der Waals surface area contributed by atoms with Gasteiger partial charge in [0.2, 0.25) is 0 Å². The molecule has 0 saturated heterocycles. The third-order valence-electron chi connectivity index (χ3n) is 6.14. The molecule has 0 spiro atoms. The van der Waals surface area contributed by atoms with Gasteiger partial charge < -0.3 is 22.4 Å². The summed E-state index contributed by atoms with van der Waals surface area (Å²) in [4.78, 5) is 11.3. The first kappa shape index (κ1) is 30.8. The zero-order valence-electron chi connectivity index (χ0n) is 23.6. The maximum absolute atomic E-state index is 11.3. The maximum atomic E-state index is 11.3. The lowest BCUT2D eigenvalue weighted by Gasteiger charge is -2.38. The van der Waals surface area contributed by atoms with E-state index in [0.717, 1.165) is 29.9 Å². The molecule has 0 fully saturated rings. The van der Waals surface area contributed by atoms with Gasteiger partial charge in [-0.2, -0.15) is 0 Å². The molecule has 1 aromatic heterocycles. The molecule has 0 bridgehead atoms. The number of aromatic nitrogens is 3. The fourth-order valence-corrected chi connectivity index (χ4v) is 18.0. The Bertz CT molecular complexity index is 985. The number of fused-ring (bicyclic) bond motifs is 1. The second-order valence-corrected chi connectivity index (χ2v) is 22.8. The molecule has 1 heterocycles. The molecule has 0 radical (unpaired) electrons. The fraction of sp³-hybridized carbons (Fsp3) is 0.708. The zero-order chi connectivity index (χ0) is 27.0. The summed E-state index contributed by atoms with van der Waals surface area (Å²) in [6.45, 7) is 18.4. The molecule has 1 atom stereocenters. The highest BCUT2D eigenvalue weighted by Gasteiger charge is 2.42. The normalized spacial score (nSPS) is 14.7. The number of para-hydroxylation sites is 1. The van der Waals surface area contributed by atoms with Gasteiger partial charge >= 0.3 is 23.0 Å². The highest BCUT2D eigenvalue weighted by Crippen LogP contribution is 2.27. The summed E-state index contributed by atoms with van der Waals surface area (Å²) >= 11 is 0. The van der Waals surface area contributed by atoms with Gasteiger partial charge in [0.1, 0.15) is 12.1 Å². The Kier molecular flexibility index (Phi) is 11.0. The number of nitrogens with zero attached hydrogens (tertiary/aromatic N) is 3. The topological polar surface area (TPSA) is 93.9 Å². The van der Waals surface area contributed by atoms with E-state index in [-0.39, 0.29) is 11.4 Å². The summed E-state index contributed by atoms with van der Waals surface area (Å²) in [5.74, 6) is -0.286. The van der Waals surface area contributed by atoms with Crippen molar-refractivity contribution in [2.45, 2.75) is 72.0 Å². The highest BCUT2D eigenvalue weighted by molar-refractivity contribution is 6.87. The average molecular weight is 556 g/mol. The Labute approximate surface area is 219 Å². The third kappa shape index (κ3) is 9.15. The van der Waals surface area contributed by atoms with Gasteiger partial charge in [0, 0.05) is 20.6 Å². The van der Waals surface area contributed by atoms with Crippen LogP contribution in [0.2, 0.25) is 45.3 Å². The Morgan fingerprint density at radius 1 is 1.03 bits per heavy atom. The predicted molar refractivity (Wildman–Crippen MR) is 149 cm³/mol. The number of methoxy groups -OCH3 is 1.